The summed E-state index contributed by atoms with van der Waals surface area (Å²) in [5.74, 6) is -0.110. The van der Waals surface area contributed by atoms with Crippen LogP contribution in [0.5, 0.6) is 0 Å². The van der Waals surface area contributed by atoms with Crippen LogP contribution in [0, 0.1) is 13.8 Å². The Morgan fingerprint density at radius 3 is 2.70 bits per heavy atom. The first-order valence-electron chi connectivity index (χ1n) is 11.3. The summed E-state index contributed by atoms with van der Waals surface area (Å²) in [6.07, 6.45) is 5.99. The van der Waals surface area contributed by atoms with Crippen molar-refractivity contribution in [1.29, 1.82) is 0 Å². The molecular weight excluding hydrogens is 414 g/mol. The molecule has 0 N–H and O–H groups in total. The molecule has 0 spiro atoms. The number of carbonyl (C=O) groups excluding carboxylic acids is 1. The number of aromatic nitrogens is 4. The fourth-order valence-corrected chi connectivity index (χ4v) is 4.88. The van der Waals surface area contributed by atoms with E-state index < -0.39 is 0 Å². The third-order valence-corrected chi connectivity index (χ3v) is 6.51. The van der Waals surface area contributed by atoms with E-state index >= 15 is 0 Å². The zero-order valence-corrected chi connectivity index (χ0v) is 19.2. The maximum Gasteiger partial charge on any atom is 0.264 e. The van der Waals surface area contributed by atoms with E-state index in [4.69, 9.17) is 0 Å². The lowest BCUT2D eigenvalue weighted by molar-refractivity contribution is -0.133. The first-order chi connectivity index (χ1) is 15.9. The van der Waals surface area contributed by atoms with Gasteiger partial charge in [-0.1, -0.05) is 30.3 Å². The van der Waals surface area contributed by atoms with Crippen molar-refractivity contribution in [1.82, 2.24) is 24.2 Å². The molecule has 0 saturated carbocycles. The van der Waals surface area contributed by atoms with Crippen LogP contribution in [0.15, 0.2) is 59.8 Å². The highest BCUT2D eigenvalue weighted by molar-refractivity contribution is 5.78. The molecule has 2 aromatic heterocycles. The number of aryl methyl sites for hydroxylation is 3. The number of hydrogen-bond acceptors (Lipinski definition) is 4. The highest BCUT2D eigenvalue weighted by Crippen LogP contribution is 2.33. The second kappa shape index (κ2) is 8.31. The van der Waals surface area contributed by atoms with Gasteiger partial charge in [0.05, 0.1) is 17.9 Å². The molecule has 0 radical (unpaired) electrons. The Hall–Kier alpha value is -3.74. The van der Waals surface area contributed by atoms with Gasteiger partial charge in [-0.2, -0.15) is 5.10 Å². The quantitative estimate of drug-likeness (QED) is 0.484. The molecule has 33 heavy (non-hydrogen) atoms. The van der Waals surface area contributed by atoms with Crippen LogP contribution in [0.25, 0.3) is 16.7 Å². The topological polar surface area (TPSA) is 73.0 Å². The largest absolute Gasteiger partial charge is 0.337 e. The second-order valence-electron chi connectivity index (χ2n) is 8.93. The SMILES string of the molecule is Cc1cc(C)cc(-n2ncc3c(=O)n(CC(=O)N(C)[C@@H]4CCCc5ccccc54)cnc32)c1. The van der Waals surface area contributed by atoms with Gasteiger partial charge in [0.15, 0.2) is 5.65 Å². The zero-order valence-electron chi connectivity index (χ0n) is 19.2. The van der Waals surface area contributed by atoms with Gasteiger partial charge in [0.25, 0.3) is 5.56 Å². The molecule has 1 amide bonds. The number of fused-ring (bicyclic) bond motifs is 2. The number of likely N-dealkylation sites (N-methyl/N-ethyl adjacent to an activating group) is 1. The average Bonchev–Trinajstić information content (AvgIpc) is 3.24. The Morgan fingerprint density at radius 2 is 1.91 bits per heavy atom. The number of nitrogens with zero attached hydrogens (tertiary/aromatic N) is 5. The summed E-state index contributed by atoms with van der Waals surface area (Å²) in [5, 5.41) is 4.81. The maximum atomic E-state index is 13.1. The Labute approximate surface area is 192 Å². The lowest BCUT2D eigenvalue weighted by Gasteiger charge is -2.33. The van der Waals surface area contributed by atoms with Crippen molar-refractivity contribution in [3.8, 4) is 5.69 Å². The van der Waals surface area contributed by atoms with E-state index in [0.29, 0.717) is 11.0 Å². The van der Waals surface area contributed by atoms with Crippen LogP contribution in [0.2, 0.25) is 0 Å². The molecule has 0 saturated heterocycles. The molecule has 2 heterocycles. The van der Waals surface area contributed by atoms with Crippen molar-refractivity contribution in [2.75, 3.05) is 7.05 Å². The number of rotatable bonds is 4. The van der Waals surface area contributed by atoms with Gasteiger partial charge in [0.1, 0.15) is 18.3 Å². The smallest absolute Gasteiger partial charge is 0.264 e. The summed E-state index contributed by atoms with van der Waals surface area (Å²) in [6.45, 7) is 4.00. The molecule has 0 fully saturated rings. The summed E-state index contributed by atoms with van der Waals surface area (Å²) < 4.78 is 3.05. The van der Waals surface area contributed by atoms with Gasteiger partial charge in [-0.15, -0.1) is 0 Å². The maximum absolute atomic E-state index is 13.1. The molecule has 1 atom stereocenters. The van der Waals surface area contributed by atoms with Crippen molar-refractivity contribution in [3.05, 3.63) is 87.6 Å². The number of carbonyl (C=O) groups is 1. The van der Waals surface area contributed by atoms with Crippen LogP contribution in [0.4, 0.5) is 0 Å². The van der Waals surface area contributed by atoms with Gasteiger partial charge in [-0.25, -0.2) is 9.67 Å². The van der Waals surface area contributed by atoms with E-state index in [1.54, 1.807) is 9.58 Å². The Balaban J connectivity index is 1.43. The van der Waals surface area contributed by atoms with Crippen molar-refractivity contribution in [3.63, 3.8) is 0 Å². The standard InChI is InChI=1S/C26H27N5O2/c1-17-11-18(2)13-20(12-17)31-25-22(14-28-31)26(33)30(16-27-25)15-24(32)29(3)23-10-6-8-19-7-4-5-9-21(19)23/h4-5,7,9,11-14,16,23H,6,8,10,15H2,1-3H3/t23-/m1/s1. The van der Waals surface area contributed by atoms with Gasteiger partial charge >= 0.3 is 0 Å². The molecule has 5 rings (SSSR count). The summed E-state index contributed by atoms with van der Waals surface area (Å²) in [5.41, 5.74) is 5.81. The highest BCUT2D eigenvalue weighted by atomic mass is 16.2. The molecule has 168 valence electrons. The van der Waals surface area contributed by atoms with E-state index in [0.717, 1.165) is 36.1 Å². The fourth-order valence-electron chi connectivity index (χ4n) is 4.88. The van der Waals surface area contributed by atoms with Crippen LogP contribution in [-0.4, -0.2) is 37.2 Å². The van der Waals surface area contributed by atoms with Gasteiger partial charge in [0.2, 0.25) is 5.91 Å². The Morgan fingerprint density at radius 1 is 1.15 bits per heavy atom. The van der Waals surface area contributed by atoms with Crippen LogP contribution in [-0.2, 0) is 17.8 Å². The summed E-state index contributed by atoms with van der Waals surface area (Å²) in [4.78, 5) is 32.5. The number of hydrogen-bond donors (Lipinski definition) is 0. The first-order valence-corrected chi connectivity index (χ1v) is 11.3. The van der Waals surface area contributed by atoms with Crippen molar-refractivity contribution in [2.24, 2.45) is 0 Å². The zero-order chi connectivity index (χ0) is 23.1. The summed E-state index contributed by atoms with van der Waals surface area (Å²) in [6, 6.07) is 14.4. The van der Waals surface area contributed by atoms with E-state index in [-0.39, 0.29) is 24.1 Å². The van der Waals surface area contributed by atoms with Crippen LogP contribution in [0.1, 0.15) is 41.1 Å². The molecule has 7 heteroatoms. The second-order valence-corrected chi connectivity index (χ2v) is 8.93. The monoisotopic (exact) mass is 441 g/mol. The number of benzene rings is 2. The van der Waals surface area contributed by atoms with Crippen molar-refractivity contribution < 1.29 is 4.79 Å². The molecular formula is C26H27N5O2. The van der Waals surface area contributed by atoms with Crippen LogP contribution >= 0.6 is 0 Å². The number of amides is 1. The van der Waals surface area contributed by atoms with Crippen LogP contribution in [0.3, 0.4) is 0 Å². The molecule has 0 bridgehead atoms. The summed E-state index contributed by atoms with van der Waals surface area (Å²) in [7, 11) is 1.82. The molecule has 0 aliphatic heterocycles. The minimum absolute atomic E-state index is 0.0298. The normalized spacial score (nSPS) is 15.4. The van der Waals surface area contributed by atoms with Crippen molar-refractivity contribution in [2.45, 2.75) is 45.7 Å². The van der Waals surface area contributed by atoms with Gasteiger partial charge in [-0.3, -0.25) is 14.2 Å². The van der Waals surface area contributed by atoms with E-state index in [1.165, 1.54) is 28.2 Å². The third-order valence-electron chi connectivity index (χ3n) is 6.51. The average molecular weight is 442 g/mol. The molecule has 7 nitrogen and oxygen atoms in total. The van der Waals surface area contributed by atoms with Gasteiger partial charge in [-0.05, 0) is 67.5 Å². The van der Waals surface area contributed by atoms with E-state index in [9.17, 15) is 9.59 Å². The van der Waals surface area contributed by atoms with Gasteiger partial charge in [0, 0.05) is 7.05 Å². The van der Waals surface area contributed by atoms with E-state index in [1.807, 2.05) is 45.2 Å². The minimum atomic E-state index is -0.263. The molecule has 1 aliphatic carbocycles. The first kappa shape index (κ1) is 21.1. The predicted octanol–water partition coefficient (Wildman–Crippen LogP) is 3.74. The molecule has 4 aromatic rings. The van der Waals surface area contributed by atoms with Crippen LogP contribution < -0.4 is 5.56 Å². The third kappa shape index (κ3) is 3.84. The Kier molecular flexibility index (Phi) is 5.32. The fraction of sp³-hybridized carbons (Fsp3) is 0.308. The Bertz CT molecular complexity index is 1400. The molecule has 0 unspecified atom stereocenters. The molecule has 1 aliphatic rings. The highest BCUT2D eigenvalue weighted by Gasteiger charge is 2.27. The lowest BCUT2D eigenvalue weighted by Crippen LogP contribution is -2.37. The lowest BCUT2D eigenvalue weighted by atomic mass is 9.87. The minimum Gasteiger partial charge on any atom is -0.337 e. The summed E-state index contributed by atoms with van der Waals surface area (Å²) >= 11 is 0. The predicted molar refractivity (Wildman–Crippen MR) is 127 cm³/mol. The van der Waals surface area contributed by atoms with E-state index in [2.05, 4.69) is 28.3 Å². The van der Waals surface area contributed by atoms with Gasteiger partial charge < -0.3 is 4.90 Å². The van der Waals surface area contributed by atoms with Crippen molar-refractivity contribution >= 4 is 16.9 Å². The molecule has 2 aromatic carbocycles.